The zero-order valence-corrected chi connectivity index (χ0v) is 13.5. The Morgan fingerprint density at radius 1 is 1.00 bits per heavy atom. The second-order valence-corrected chi connectivity index (χ2v) is 5.41. The summed E-state index contributed by atoms with van der Waals surface area (Å²) in [6.45, 7) is 0. The van der Waals surface area contributed by atoms with Crippen LogP contribution in [0.2, 0.25) is 0 Å². The van der Waals surface area contributed by atoms with Crippen LogP contribution >= 0.6 is 0 Å². The van der Waals surface area contributed by atoms with Crippen molar-refractivity contribution in [1.29, 1.82) is 5.26 Å². The standard InChI is InChI=1S/C20H13N3O3/c21-13-15-9-4-10-16(12-15)23-19(25)17(18(24)22-20(23)26)11-5-8-14-6-2-1-3-7-14/h1-12H,(H,22,24,26). The summed E-state index contributed by atoms with van der Waals surface area (Å²) in [6, 6.07) is 16.5. The predicted octanol–water partition coefficient (Wildman–Crippen LogP) is 2.78. The van der Waals surface area contributed by atoms with Gasteiger partial charge in [-0.05, 0) is 29.8 Å². The van der Waals surface area contributed by atoms with E-state index in [1.54, 1.807) is 24.3 Å². The maximum absolute atomic E-state index is 12.6. The molecule has 1 aliphatic rings. The SMILES string of the molecule is N#Cc1cccc(N2C(=O)NC(=O)C(=CC=Cc3ccccc3)C2=O)c1. The topological polar surface area (TPSA) is 90.3 Å². The fourth-order valence-corrected chi connectivity index (χ4v) is 2.45. The molecule has 4 amide bonds. The highest BCUT2D eigenvalue weighted by atomic mass is 16.2. The highest BCUT2D eigenvalue weighted by molar-refractivity contribution is 6.37. The maximum atomic E-state index is 12.6. The number of hydrogen-bond donors (Lipinski definition) is 1. The second-order valence-electron chi connectivity index (χ2n) is 5.41. The number of nitriles is 1. The van der Waals surface area contributed by atoms with Gasteiger partial charge in [-0.3, -0.25) is 14.9 Å². The number of anilines is 1. The van der Waals surface area contributed by atoms with Crippen LogP contribution in [0.3, 0.4) is 0 Å². The number of amides is 4. The van der Waals surface area contributed by atoms with Gasteiger partial charge < -0.3 is 0 Å². The number of rotatable bonds is 3. The molecule has 6 heteroatoms. The van der Waals surface area contributed by atoms with Crippen LogP contribution in [0.15, 0.2) is 72.3 Å². The minimum atomic E-state index is -0.848. The third kappa shape index (κ3) is 3.42. The lowest BCUT2D eigenvalue weighted by Crippen LogP contribution is -2.54. The number of carbonyl (C=O) groups is 3. The van der Waals surface area contributed by atoms with Crippen molar-refractivity contribution >= 4 is 29.6 Å². The molecule has 1 heterocycles. The van der Waals surface area contributed by atoms with Gasteiger partial charge >= 0.3 is 6.03 Å². The lowest BCUT2D eigenvalue weighted by Gasteiger charge is -2.26. The van der Waals surface area contributed by atoms with E-state index < -0.39 is 17.8 Å². The first kappa shape index (κ1) is 16.9. The van der Waals surface area contributed by atoms with Crippen molar-refractivity contribution in [2.45, 2.75) is 0 Å². The van der Waals surface area contributed by atoms with Gasteiger partial charge in [0, 0.05) is 0 Å². The molecule has 6 nitrogen and oxygen atoms in total. The molecule has 1 aliphatic heterocycles. The summed E-state index contributed by atoms with van der Waals surface area (Å²) in [5.41, 5.74) is 1.26. The van der Waals surface area contributed by atoms with E-state index in [0.29, 0.717) is 5.56 Å². The summed E-state index contributed by atoms with van der Waals surface area (Å²) in [5, 5.41) is 11.1. The van der Waals surface area contributed by atoms with Gasteiger partial charge in [0.1, 0.15) is 5.57 Å². The molecule has 26 heavy (non-hydrogen) atoms. The Bertz CT molecular complexity index is 985. The van der Waals surface area contributed by atoms with Gasteiger partial charge in [-0.2, -0.15) is 5.26 Å². The zero-order chi connectivity index (χ0) is 18.5. The Hall–Kier alpha value is -3.98. The van der Waals surface area contributed by atoms with Gasteiger partial charge in [0.2, 0.25) is 0 Å². The lowest BCUT2D eigenvalue weighted by atomic mass is 10.1. The van der Waals surface area contributed by atoms with E-state index in [0.717, 1.165) is 10.5 Å². The normalized spacial score (nSPS) is 16.0. The summed E-state index contributed by atoms with van der Waals surface area (Å²) >= 11 is 0. The minimum Gasteiger partial charge on any atom is -0.273 e. The van der Waals surface area contributed by atoms with Crippen molar-refractivity contribution in [2.75, 3.05) is 4.90 Å². The fraction of sp³-hybridized carbons (Fsp3) is 0. The third-order valence-electron chi connectivity index (χ3n) is 3.69. The molecule has 1 fully saturated rings. The Morgan fingerprint density at radius 2 is 1.77 bits per heavy atom. The van der Waals surface area contributed by atoms with Crippen molar-refractivity contribution in [1.82, 2.24) is 5.32 Å². The van der Waals surface area contributed by atoms with E-state index in [-0.39, 0.29) is 11.3 Å². The average molecular weight is 343 g/mol. The van der Waals surface area contributed by atoms with Crippen LogP contribution in [0, 0.1) is 11.3 Å². The second kappa shape index (κ2) is 7.28. The molecule has 0 saturated carbocycles. The fourth-order valence-electron chi connectivity index (χ4n) is 2.45. The average Bonchev–Trinajstić information content (AvgIpc) is 2.65. The van der Waals surface area contributed by atoms with Gasteiger partial charge in [-0.25, -0.2) is 9.69 Å². The first-order valence-electron chi connectivity index (χ1n) is 7.73. The van der Waals surface area contributed by atoms with E-state index in [9.17, 15) is 14.4 Å². The number of urea groups is 1. The molecule has 1 saturated heterocycles. The van der Waals surface area contributed by atoms with Gasteiger partial charge in [0.05, 0.1) is 17.3 Å². The highest BCUT2D eigenvalue weighted by Gasteiger charge is 2.36. The maximum Gasteiger partial charge on any atom is 0.335 e. The molecular weight excluding hydrogens is 330 g/mol. The van der Waals surface area contributed by atoms with Crippen LogP contribution < -0.4 is 10.2 Å². The summed E-state index contributed by atoms with van der Waals surface area (Å²) < 4.78 is 0. The van der Waals surface area contributed by atoms with E-state index in [2.05, 4.69) is 5.32 Å². The first-order valence-corrected chi connectivity index (χ1v) is 7.73. The molecule has 0 bridgehead atoms. The summed E-state index contributed by atoms with van der Waals surface area (Å²) in [7, 11) is 0. The van der Waals surface area contributed by atoms with Crippen LogP contribution in [0.1, 0.15) is 11.1 Å². The van der Waals surface area contributed by atoms with Gasteiger partial charge in [-0.15, -0.1) is 0 Å². The summed E-state index contributed by atoms with van der Waals surface area (Å²) in [6.07, 6.45) is 4.67. The number of barbiturate groups is 1. The smallest absolute Gasteiger partial charge is 0.273 e. The van der Waals surface area contributed by atoms with Gasteiger partial charge in [-0.1, -0.05) is 48.6 Å². The summed E-state index contributed by atoms with van der Waals surface area (Å²) in [4.78, 5) is 37.6. The number of imide groups is 2. The molecule has 0 aliphatic carbocycles. The third-order valence-corrected chi connectivity index (χ3v) is 3.69. The Morgan fingerprint density at radius 3 is 2.50 bits per heavy atom. The molecular formula is C20H13N3O3. The van der Waals surface area contributed by atoms with Crippen LogP contribution in [0.25, 0.3) is 6.08 Å². The quantitative estimate of drug-likeness (QED) is 0.685. The molecule has 0 aromatic heterocycles. The molecule has 2 aromatic rings. The molecule has 126 valence electrons. The Balaban J connectivity index is 1.91. The Kier molecular flexibility index (Phi) is 4.72. The van der Waals surface area contributed by atoms with Crippen molar-refractivity contribution in [3.8, 4) is 6.07 Å². The molecule has 0 unspecified atom stereocenters. The zero-order valence-electron chi connectivity index (χ0n) is 13.5. The number of nitrogens with one attached hydrogen (secondary N) is 1. The van der Waals surface area contributed by atoms with Gasteiger partial charge in [0.15, 0.2) is 0 Å². The van der Waals surface area contributed by atoms with E-state index >= 15 is 0 Å². The summed E-state index contributed by atoms with van der Waals surface area (Å²) in [5.74, 6) is -1.50. The van der Waals surface area contributed by atoms with Crippen molar-refractivity contribution in [2.24, 2.45) is 0 Å². The van der Waals surface area contributed by atoms with E-state index in [4.69, 9.17) is 5.26 Å². The largest absolute Gasteiger partial charge is 0.335 e. The molecule has 2 aromatic carbocycles. The first-order chi connectivity index (χ1) is 12.6. The highest BCUT2D eigenvalue weighted by Crippen LogP contribution is 2.21. The van der Waals surface area contributed by atoms with Crippen molar-refractivity contribution < 1.29 is 14.4 Å². The molecule has 0 radical (unpaired) electrons. The van der Waals surface area contributed by atoms with E-state index in [1.165, 1.54) is 18.2 Å². The van der Waals surface area contributed by atoms with Crippen LogP contribution in [0.5, 0.6) is 0 Å². The van der Waals surface area contributed by atoms with Crippen molar-refractivity contribution in [3.63, 3.8) is 0 Å². The number of allylic oxidation sites excluding steroid dienone is 2. The van der Waals surface area contributed by atoms with Crippen LogP contribution in [-0.2, 0) is 9.59 Å². The lowest BCUT2D eigenvalue weighted by molar-refractivity contribution is -0.122. The Labute approximate surface area is 149 Å². The monoisotopic (exact) mass is 343 g/mol. The van der Waals surface area contributed by atoms with Crippen molar-refractivity contribution in [3.05, 3.63) is 83.4 Å². The molecule has 1 N–H and O–H groups in total. The molecule has 0 spiro atoms. The van der Waals surface area contributed by atoms with E-state index in [1.807, 2.05) is 36.4 Å². The number of carbonyl (C=O) groups excluding carboxylic acids is 3. The molecule has 0 atom stereocenters. The van der Waals surface area contributed by atoms with Gasteiger partial charge in [0.25, 0.3) is 11.8 Å². The van der Waals surface area contributed by atoms with Crippen LogP contribution in [-0.4, -0.2) is 17.8 Å². The number of benzene rings is 2. The number of hydrogen-bond acceptors (Lipinski definition) is 4. The molecule has 3 rings (SSSR count). The van der Waals surface area contributed by atoms with Crippen LogP contribution in [0.4, 0.5) is 10.5 Å². The number of nitrogens with zero attached hydrogens (tertiary/aromatic N) is 2. The minimum absolute atomic E-state index is 0.167. The predicted molar refractivity (Wildman–Crippen MR) is 95.7 cm³/mol.